The van der Waals surface area contributed by atoms with Crippen LogP contribution in [0, 0.1) is 0 Å². The van der Waals surface area contributed by atoms with Gasteiger partial charge < -0.3 is 5.73 Å². The van der Waals surface area contributed by atoms with Crippen molar-refractivity contribution in [2.75, 3.05) is 0 Å². The van der Waals surface area contributed by atoms with E-state index in [0.717, 1.165) is 11.4 Å². The molecule has 0 saturated carbocycles. The lowest BCUT2D eigenvalue weighted by atomic mass is 9.87. The molecule has 0 aliphatic carbocycles. The monoisotopic (exact) mass is 271 g/mol. The van der Waals surface area contributed by atoms with E-state index in [2.05, 4.69) is 70.0 Å². The number of nitrogens with two attached hydrogens (primary N) is 1. The maximum atomic E-state index is 5.72. The summed E-state index contributed by atoms with van der Waals surface area (Å²) in [6, 6.07) is 10.7. The number of hydrogen-bond acceptors (Lipinski definition) is 2. The molecule has 3 heteroatoms. The molecule has 0 aliphatic rings. The molecule has 1 aromatic carbocycles. The van der Waals surface area contributed by atoms with E-state index in [-0.39, 0.29) is 5.41 Å². The zero-order valence-corrected chi connectivity index (χ0v) is 13.1. The molecule has 2 aromatic rings. The Bertz CT molecular complexity index is 571. The van der Waals surface area contributed by atoms with Crippen LogP contribution >= 0.6 is 0 Å². The molecule has 0 saturated heterocycles. The van der Waals surface area contributed by atoms with Gasteiger partial charge in [0.25, 0.3) is 0 Å². The van der Waals surface area contributed by atoms with Crippen molar-refractivity contribution in [1.82, 2.24) is 9.78 Å². The molecular formula is C17H25N3. The van der Waals surface area contributed by atoms with E-state index in [0.29, 0.717) is 12.5 Å². The lowest BCUT2D eigenvalue weighted by Crippen LogP contribution is -2.11. The van der Waals surface area contributed by atoms with E-state index >= 15 is 0 Å². The summed E-state index contributed by atoms with van der Waals surface area (Å²) in [5.74, 6) is 0.421. The second kappa shape index (κ2) is 5.41. The van der Waals surface area contributed by atoms with Crippen LogP contribution in [0.25, 0.3) is 5.69 Å². The fourth-order valence-electron chi connectivity index (χ4n) is 2.27. The summed E-state index contributed by atoms with van der Waals surface area (Å²) < 4.78 is 2.01. The summed E-state index contributed by atoms with van der Waals surface area (Å²) in [6.45, 7) is 11.5. The maximum absolute atomic E-state index is 5.72. The highest BCUT2D eigenvalue weighted by Crippen LogP contribution is 2.25. The van der Waals surface area contributed by atoms with Gasteiger partial charge in [0.2, 0.25) is 0 Å². The van der Waals surface area contributed by atoms with Crippen LogP contribution < -0.4 is 5.73 Å². The minimum atomic E-state index is 0.173. The van der Waals surface area contributed by atoms with Crippen molar-refractivity contribution >= 4 is 0 Å². The summed E-state index contributed by atoms with van der Waals surface area (Å²) >= 11 is 0. The summed E-state index contributed by atoms with van der Waals surface area (Å²) in [7, 11) is 0. The van der Waals surface area contributed by atoms with Gasteiger partial charge in [0.05, 0.1) is 11.4 Å². The number of nitrogens with zero attached hydrogens (tertiary/aromatic N) is 2. The van der Waals surface area contributed by atoms with E-state index in [9.17, 15) is 0 Å². The van der Waals surface area contributed by atoms with Crippen molar-refractivity contribution in [2.24, 2.45) is 5.73 Å². The SMILES string of the molecule is CC(C)c1cc(CN)nn1-c1ccc(C(C)(C)C)cc1. The van der Waals surface area contributed by atoms with Crippen molar-refractivity contribution in [2.45, 2.75) is 52.5 Å². The van der Waals surface area contributed by atoms with Crippen LogP contribution in [-0.2, 0) is 12.0 Å². The van der Waals surface area contributed by atoms with E-state index in [4.69, 9.17) is 5.73 Å². The molecule has 0 bridgehead atoms. The highest BCUT2D eigenvalue weighted by Gasteiger charge is 2.15. The molecular weight excluding hydrogens is 246 g/mol. The van der Waals surface area contributed by atoms with E-state index in [1.165, 1.54) is 11.3 Å². The standard InChI is InChI=1S/C17H25N3/c1-12(2)16-10-14(11-18)19-20(16)15-8-6-13(7-9-15)17(3,4)5/h6-10,12H,11,18H2,1-5H3. The molecule has 1 aromatic heterocycles. The quantitative estimate of drug-likeness (QED) is 0.924. The van der Waals surface area contributed by atoms with Gasteiger partial charge in [-0.25, -0.2) is 4.68 Å². The second-order valence-electron chi connectivity index (χ2n) is 6.63. The third-order valence-electron chi connectivity index (χ3n) is 3.57. The Morgan fingerprint density at radius 1 is 1.15 bits per heavy atom. The summed E-state index contributed by atoms with van der Waals surface area (Å²) in [4.78, 5) is 0. The molecule has 2 N–H and O–H groups in total. The fraction of sp³-hybridized carbons (Fsp3) is 0.471. The Kier molecular flexibility index (Phi) is 4.00. The first-order chi connectivity index (χ1) is 9.32. The molecule has 0 radical (unpaired) electrons. The third-order valence-corrected chi connectivity index (χ3v) is 3.57. The number of rotatable bonds is 3. The molecule has 20 heavy (non-hydrogen) atoms. The van der Waals surface area contributed by atoms with Gasteiger partial charge >= 0.3 is 0 Å². The normalized spacial score (nSPS) is 12.2. The van der Waals surface area contributed by atoms with E-state index in [1.54, 1.807) is 0 Å². The van der Waals surface area contributed by atoms with Gasteiger partial charge in [0, 0.05) is 12.2 Å². The maximum Gasteiger partial charge on any atom is 0.0767 e. The highest BCUT2D eigenvalue weighted by molar-refractivity contribution is 5.38. The topological polar surface area (TPSA) is 43.8 Å². The molecule has 2 rings (SSSR count). The molecule has 3 nitrogen and oxygen atoms in total. The molecule has 108 valence electrons. The largest absolute Gasteiger partial charge is 0.325 e. The van der Waals surface area contributed by atoms with Gasteiger partial charge in [-0.2, -0.15) is 5.10 Å². The summed E-state index contributed by atoms with van der Waals surface area (Å²) in [5, 5.41) is 4.60. The van der Waals surface area contributed by atoms with Crippen LogP contribution in [0.5, 0.6) is 0 Å². The Balaban J connectivity index is 2.43. The van der Waals surface area contributed by atoms with E-state index < -0.39 is 0 Å². The molecule has 1 heterocycles. The van der Waals surface area contributed by atoms with Crippen molar-refractivity contribution in [3.8, 4) is 5.69 Å². The molecule has 0 amide bonds. The summed E-state index contributed by atoms with van der Waals surface area (Å²) in [5.41, 5.74) is 10.5. The minimum absolute atomic E-state index is 0.173. The number of hydrogen-bond donors (Lipinski definition) is 1. The van der Waals surface area contributed by atoms with E-state index in [1.807, 2.05) is 4.68 Å². The van der Waals surface area contributed by atoms with Gasteiger partial charge in [0.1, 0.15) is 0 Å². The van der Waals surface area contributed by atoms with Crippen LogP contribution in [0.1, 0.15) is 57.5 Å². The predicted octanol–water partition coefficient (Wildman–Crippen LogP) is 3.75. The molecule has 0 fully saturated rings. The van der Waals surface area contributed by atoms with Crippen LogP contribution in [0.2, 0.25) is 0 Å². The Morgan fingerprint density at radius 2 is 1.75 bits per heavy atom. The lowest BCUT2D eigenvalue weighted by Gasteiger charge is -2.19. The molecule has 0 atom stereocenters. The van der Waals surface area contributed by atoms with Crippen molar-refractivity contribution < 1.29 is 0 Å². The van der Waals surface area contributed by atoms with Gasteiger partial charge in [-0.05, 0) is 35.1 Å². The van der Waals surface area contributed by atoms with Gasteiger partial charge in [-0.15, -0.1) is 0 Å². The first-order valence-electron chi connectivity index (χ1n) is 7.22. The molecule has 0 spiro atoms. The summed E-state index contributed by atoms with van der Waals surface area (Å²) in [6.07, 6.45) is 0. The van der Waals surface area contributed by atoms with Crippen LogP contribution in [0.4, 0.5) is 0 Å². The fourth-order valence-corrected chi connectivity index (χ4v) is 2.27. The minimum Gasteiger partial charge on any atom is -0.325 e. The molecule has 0 unspecified atom stereocenters. The first-order valence-corrected chi connectivity index (χ1v) is 7.22. The van der Waals surface area contributed by atoms with Crippen molar-refractivity contribution in [3.05, 3.63) is 47.3 Å². The predicted molar refractivity (Wildman–Crippen MR) is 84.2 cm³/mol. The average Bonchev–Trinajstić information content (AvgIpc) is 2.82. The van der Waals surface area contributed by atoms with Gasteiger partial charge in [-0.3, -0.25) is 0 Å². The zero-order chi connectivity index (χ0) is 14.9. The van der Waals surface area contributed by atoms with Crippen molar-refractivity contribution in [3.63, 3.8) is 0 Å². The highest BCUT2D eigenvalue weighted by atomic mass is 15.3. The number of benzene rings is 1. The lowest BCUT2D eigenvalue weighted by molar-refractivity contribution is 0.590. The third kappa shape index (κ3) is 2.93. The first kappa shape index (κ1) is 14.8. The van der Waals surface area contributed by atoms with Crippen LogP contribution in [0.15, 0.2) is 30.3 Å². The molecule has 0 aliphatic heterocycles. The van der Waals surface area contributed by atoms with Gasteiger partial charge in [-0.1, -0.05) is 46.8 Å². The Labute approximate surface area is 121 Å². The smallest absolute Gasteiger partial charge is 0.0767 e. The van der Waals surface area contributed by atoms with Crippen molar-refractivity contribution in [1.29, 1.82) is 0 Å². The van der Waals surface area contributed by atoms with Crippen LogP contribution in [0.3, 0.4) is 0 Å². The Morgan fingerprint density at radius 3 is 2.20 bits per heavy atom. The zero-order valence-electron chi connectivity index (χ0n) is 13.1. The average molecular weight is 271 g/mol. The van der Waals surface area contributed by atoms with Gasteiger partial charge in [0.15, 0.2) is 0 Å². The number of aromatic nitrogens is 2. The second-order valence-corrected chi connectivity index (χ2v) is 6.63. The van der Waals surface area contributed by atoms with Crippen LogP contribution in [-0.4, -0.2) is 9.78 Å². The Hall–Kier alpha value is -1.61.